The van der Waals surface area contributed by atoms with Gasteiger partial charge in [-0.05, 0) is 36.8 Å². The van der Waals surface area contributed by atoms with Gasteiger partial charge >= 0.3 is 0 Å². The van der Waals surface area contributed by atoms with Crippen molar-refractivity contribution in [1.82, 2.24) is 0 Å². The Labute approximate surface area is 126 Å². The van der Waals surface area contributed by atoms with E-state index in [9.17, 15) is 4.79 Å². The van der Waals surface area contributed by atoms with E-state index in [0.29, 0.717) is 19.6 Å². The highest BCUT2D eigenvalue weighted by atomic mass is 32.2. The molecule has 0 bridgehead atoms. The number of hydrogen-bond acceptors (Lipinski definition) is 3. The average molecular weight is 295 g/mol. The van der Waals surface area contributed by atoms with E-state index in [4.69, 9.17) is 4.74 Å². The second-order valence-corrected chi connectivity index (χ2v) is 5.83. The Bertz CT molecular complexity index is 396. The summed E-state index contributed by atoms with van der Waals surface area (Å²) in [5.41, 5.74) is 1.94. The summed E-state index contributed by atoms with van der Waals surface area (Å²) < 4.78 is 5.37. The molecule has 112 valence electrons. The number of nitrogens with one attached hydrogen (secondary N) is 1. The summed E-state index contributed by atoms with van der Waals surface area (Å²) in [5, 5.41) is 2.94. The third kappa shape index (κ3) is 7.56. The molecule has 0 aromatic heterocycles. The molecule has 0 fully saturated rings. The molecule has 3 nitrogen and oxygen atoms in total. The highest BCUT2D eigenvalue weighted by Gasteiger charge is 2.03. The molecular formula is C16H25NO2S. The van der Waals surface area contributed by atoms with Crippen molar-refractivity contribution in [3.05, 3.63) is 29.8 Å². The molecule has 4 heteroatoms. The molecule has 0 unspecified atom stereocenters. The molecular weight excluding hydrogens is 270 g/mol. The van der Waals surface area contributed by atoms with Gasteiger partial charge in [-0.3, -0.25) is 4.79 Å². The van der Waals surface area contributed by atoms with E-state index in [1.807, 2.05) is 43.0 Å². The maximum absolute atomic E-state index is 11.8. The Balaban J connectivity index is 2.30. The van der Waals surface area contributed by atoms with Crippen LogP contribution in [0.15, 0.2) is 24.3 Å². The van der Waals surface area contributed by atoms with Gasteiger partial charge in [-0.2, -0.15) is 11.8 Å². The summed E-state index contributed by atoms with van der Waals surface area (Å²) in [5.74, 6) is 2.13. The number of carbonyl (C=O) groups is 1. The number of hydrogen-bond donors (Lipinski definition) is 1. The van der Waals surface area contributed by atoms with Crippen LogP contribution in [0, 0.1) is 0 Å². The van der Waals surface area contributed by atoms with Gasteiger partial charge in [0.15, 0.2) is 0 Å². The average Bonchev–Trinajstić information content (AvgIpc) is 2.45. The van der Waals surface area contributed by atoms with Gasteiger partial charge in [0.05, 0.1) is 6.61 Å². The van der Waals surface area contributed by atoms with Crippen LogP contribution < -0.4 is 5.32 Å². The molecule has 1 rings (SSSR count). The van der Waals surface area contributed by atoms with Crippen LogP contribution in [0.25, 0.3) is 0 Å². The monoisotopic (exact) mass is 295 g/mol. The molecule has 0 saturated heterocycles. The Kier molecular flexibility index (Phi) is 9.16. The standard InChI is InChI=1S/C16H25NO2S/c1-3-5-10-20-11-9-16(18)17-15-8-6-7-14(12-15)13-19-4-2/h6-8,12H,3-5,9-11,13H2,1-2H3,(H,17,18). The Hall–Kier alpha value is -1.00. The molecule has 1 amide bonds. The highest BCUT2D eigenvalue weighted by Crippen LogP contribution is 2.13. The molecule has 0 heterocycles. The van der Waals surface area contributed by atoms with Crippen LogP contribution in [0.3, 0.4) is 0 Å². The first-order valence-electron chi connectivity index (χ1n) is 7.30. The van der Waals surface area contributed by atoms with Crippen LogP contribution in [0.1, 0.15) is 38.7 Å². The molecule has 0 aliphatic rings. The van der Waals surface area contributed by atoms with Crippen molar-refractivity contribution in [2.45, 2.75) is 39.7 Å². The van der Waals surface area contributed by atoms with Gasteiger partial charge in [-0.25, -0.2) is 0 Å². The first-order valence-corrected chi connectivity index (χ1v) is 8.46. The smallest absolute Gasteiger partial charge is 0.225 e. The SMILES string of the molecule is CCCCSCCC(=O)Nc1cccc(COCC)c1. The zero-order valence-corrected chi connectivity index (χ0v) is 13.3. The molecule has 0 atom stereocenters. The lowest BCUT2D eigenvalue weighted by Crippen LogP contribution is -2.12. The molecule has 0 aliphatic carbocycles. The summed E-state index contributed by atoms with van der Waals surface area (Å²) in [6, 6.07) is 7.83. The number of carbonyl (C=O) groups excluding carboxylic acids is 1. The maximum atomic E-state index is 11.8. The van der Waals surface area contributed by atoms with Crippen molar-refractivity contribution in [3.63, 3.8) is 0 Å². The third-order valence-electron chi connectivity index (χ3n) is 2.80. The Morgan fingerprint density at radius 1 is 1.30 bits per heavy atom. The van der Waals surface area contributed by atoms with E-state index >= 15 is 0 Å². The minimum atomic E-state index is 0.0857. The first-order chi connectivity index (χ1) is 9.76. The molecule has 1 aromatic rings. The molecule has 0 aliphatic heterocycles. The number of benzene rings is 1. The number of thioether (sulfide) groups is 1. The van der Waals surface area contributed by atoms with Crippen molar-refractivity contribution in [3.8, 4) is 0 Å². The predicted octanol–water partition coefficient (Wildman–Crippen LogP) is 4.09. The number of rotatable bonds is 10. The fourth-order valence-corrected chi connectivity index (χ4v) is 2.72. The fraction of sp³-hybridized carbons (Fsp3) is 0.562. The van der Waals surface area contributed by atoms with Crippen LogP contribution in [0.5, 0.6) is 0 Å². The van der Waals surface area contributed by atoms with Crippen molar-refractivity contribution < 1.29 is 9.53 Å². The zero-order valence-electron chi connectivity index (χ0n) is 12.5. The van der Waals surface area contributed by atoms with Gasteiger partial charge in [0.25, 0.3) is 0 Å². The Morgan fingerprint density at radius 2 is 2.15 bits per heavy atom. The lowest BCUT2D eigenvalue weighted by atomic mass is 10.2. The normalized spacial score (nSPS) is 10.5. The molecule has 0 spiro atoms. The van der Waals surface area contributed by atoms with Gasteiger partial charge in [0.1, 0.15) is 0 Å². The lowest BCUT2D eigenvalue weighted by Gasteiger charge is -2.07. The summed E-state index contributed by atoms with van der Waals surface area (Å²) in [7, 11) is 0. The minimum Gasteiger partial charge on any atom is -0.377 e. The zero-order chi connectivity index (χ0) is 14.6. The van der Waals surface area contributed by atoms with Gasteiger partial charge in [0, 0.05) is 24.5 Å². The first kappa shape index (κ1) is 17.1. The van der Waals surface area contributed by atoms with E-state index in [-0.39, 0.29) is 5.91 Å². The van der Waals surface area contributed by atoms with Crippen LogP contribution in [-0.2, 0) is 16.1 Å². The second-order valence-electron chi connectivity index (χ2n) is 4.60. The van der Waals surface area contributed by atoms with Crippen LogP contribution in [0.4, 0.5) is 5.69 Å². The summed E-state index contributed by atoms with van der Waals surface area (Å²) in [6.07, 6.45) is 3.02. The quantitative estimate of drug-likeness (QED) is 0.661. The maximum Gasteiger partial charge on any atom is 0.225 e. The van der Waals surface area contributed by atoms with Crippen LogP contribution in [-0.4, -0.2) is 24.0 Å². The van der Waals surface area contributed by atoms with E-state index < -0.39 is 0 Å². The van der Waals surface area contributed by atoms with E-state index in [2.05, 4.69) is 12.2 Å². The number of anilines is 1. The number of unbranched alkanes of at least 4 members (excludes halogenated alkanes) is 1. The van der Waals surface area contributed by atoms with Crippen LogP contribution >= 0.6 is 11.8 Å². The molecule has 20 heavy (non-hydrogen) atoms. The predicted molar refractivity (Wildman–Crippen MR) is 87.3 cm³/mol. The van der Waals surface area contributed by atoms with Gasteiger partial charge in [-0.1, -0.05) is 25.5 Å². The summed E-state index contributed by atoms with van der Waals surface area (Å²) >= 11 is 1.85. The van der Waals surface area contributed by atoms with Crippen molar-refractivity contribution >= 4 is 23.4 Å². The molecule has 0 radical (unpaired) electrons. The van der Waals surface area contributed by atoms with E-state index in [0.717, 1.165) is 22.8 Å². The molecule has 1 N–H and O–H groups in total. The summed E-state index contributed by atoms with van der Waals surface area (Å²) in [6.45, 7) is 5.45. The number of amides is 1. The molecule has 0 saturated carbocycles. The third-order valence-corrected chi connectivity index (χ3v) is 3.87. The summed E-state index contributed by atoms with van der Waals surface area (Å²) in [4.78, 5) is 11.8. The van der Waals surface area contributed by atoms with E-state index in [1.54, 1.807) is 0 Å². The Morgan fingerprint density at radius 3 is 2.90 bits per heavy atom. The lowest BCUT2D eigenvalue weighted by molar-refractivity contribution is -0.115. The molecule has 1 aromatic carbocycles. The van der Waals surface area contributed by atoms with Crippen molar-refractivity contribution in [1.29, 1.82) is 0 Å². The van der Waals surface area contributed by atoms with Gasteiger partial charge in [0.2, 0.25) is 5.91 Å². The van der Waals surface area contributed by atoms with Crippen molar-refractivity contribution in [2.75, 3.05) is 23.4 Å². The van der Waals surface area contributed by atoms with Crippen molar-refractivity contribution in [2.24, 2.45) is 0 Å². The van der Waals surface area contributed by atoms with Gasteiger partial charge in [-0.15, -0.1) is 0 Å². The minimum absolute atomic E-state index is 0.0857. The largest absolute Gasteiger partial charge is 0.377 e. The second kappa shape index (κ2) is 10.7. The fourth-order valence-electron chi connectivity index (χ4n) is 1.70. The van der Waals surface area contributed by atoms with E-state index in [1.165, 1.54) is 12.8 Å². The number of ether oxygens (including phenoxy) is 1. The van der Waals surface area contributed by atoms with Crippen LogP contribution in [0.2, 0.25) is 0 Å². The van der Waals surface area contributed by atoms with Gasteiger partial charge < -0.3 is 10.1 Å². The topological polar surface area (TPSA) is 38.3 Å². The highest BCUT2D eigenvalue weighted by molar-refractivity contribution is 7.99.